The van der Waals surface area contributed by atoms with Crippen LogP contribution in [0.1, 0.15) is 26.0 Å². The van der Waals surface area contributed by atoms with Gasteiger partial charge >= 0.3 is 7.82 Å². The van der Waals surface area contributed by atoms with Crippen molar-refractivity contribution in [2.45, 2.75) is 50.4 Å². The Bertz CT molecular complexity index is 1200. The van der Waals surface area contributed by atoms with Crippen LogP contribution in [0.2, 0.25) is 0 Å². The van der Waals surface area contributed by atoms with Crippen LogP contribution >= 0.6 is 7.82 Å². The molecule has 6 atom stereocenters. The molecule has 0 aromatic carbocycles. The van der Waals surface area contributed by atoms with Crippen LogP contribution < -0.4 is 16.5 Å². The standard InChI is InChI=1S/C18H23N8O7P/c1-2-20-16(27)12-11-13(33-34(28,29)32-11)17(31-12)26-8-21-10-14(19)23-18(24-15(10)26)25-22-7-9-5-3-4-6-30-9/h4,6-9,11-13,17H,2-3,5H2,1H3,(H,20,27)(H,28,29)(H3,19,23,24,25)/b22-7+/t9-,11+,12-,13+,17+/m0/s1. The van der Waals surface area contributed by atoms with Crippen LogP contribution in [0.5, 0.6) is 0 Å². The summed E-state index contributed by atoms with van der Waals surface area (Å²) >= 11 is 0. The summed E-state index contributed by atoms with van der Waals surface area (Å²) in [7, 11) is -4.36. The number of likely N-dealkylation sites (N-methyl/N-ethyl adjacent to an activating group) is 1. The fraction of sp³-hybridized carbons (Fsp3) is 0.500. The number of rotatable bonds is 6. The highest BCUT2D eigenvalue weighted by Gasteiger charge is 2.60. The number of imidazole rings is 1. The van der Waals surface area contributed by atoms with Crippen LogP contribution in [0.25, 0.3) is 11.2 Å². The van der Waals surface area contributed by atoms with Gasteiger partial charge in [-0.2, -0.15) is 15.1 Å². The lowest BCUT2D eigenvalue weighted by Crippen LogP contribution is -2.41. The Hall–Kier alpha value is -3.10. The van der Waals surface area contributed by atoms with Gasteiger partial charge in [-0.15, -0.1) is 0 Å². The van der Waals surface area contributed by atoms with E-state index in [4.69, 9.17) is 24.3 Å². The van der Waals surface area contributed by atoms with Crippen molar-refractivity contribution in [1.82, 2.24) is 24.8 Å². The predicted molar refractivity (Wildman–Crippen MR) is 117 cm³/mol. The second kappa shape index (κ2) is 8.92. The number of phosphoric ester groups is 1. The van der Waals surface area contributed by atoms with E-state index < -0.39 is 38.3 Å². The molecule has 2 saturated heterocycles. The summed E-state index contributed by atoms with van der Waals surface area (Å²) in [6.07, 6.45) is 3.64. The number of carbonyl (C=O) groups is 1. The van der Waals surface area contributed by atoms with Crippen molar-refractivity contribution in [2.24, 2.45) is 5.10 Å². The molecule has 5 heterocycles. The molecule has 3 aliphatic heterocycles. The Morgan fingerprint density at radius 1 is 1.41 bits per heavy atom. The first-order chi connectivity index (χ1) is 16.4. The van der Waals surface area contributed by atoms with Gasteiger partial charge in [-0.1, -0.05) is 0 Å². The number of aromatic nitrogens is 4. The van der Waals surface area contributed by atoms with Crippen molar-refractivity contribution in [3.63, 3.8) is 0 Å². The molecule has 2 aromatic rings. The second-order valence-electron chi connectivity index (χ2n) is 7.72. The van der Waals surface area contributed by atoms with Crippen LogP contribution in [0.15, 0.2) is 23.8 Å². The van der Waals surface area contributed by atoms with Crippen molar-refractivity contribution in [3.8, 4) is 0 Å². The van der Waals surface area contributed by atoms with Gasteiger partial charge < -0.3 is 25.4 Å². The van der Waals surface area contributed by atoms with Crippen molar-refractivity contribution >= 4 is 42.9 Å². The lowest BCUT2D eigenvalue weighted by Gasteiger charge is -2.19. The minimum Gasteiger partial charge on any atom is -0.493 e. The first kappa shape index (κ1) is 22.7. The lowest BCUT2D eigenvalue weighted by atomic mass is 10.1. The van der Waals surface area contributed by atoms with Gasteiger partial charge in [-0.25, -0.2) is 15.0 Å². The van der Waals surface area contributed by atoms with Gasteiger partial charge in [0.2, 0.25) is 5.95 Å². The Morgan fingerprint density at radius 3 is 3.00 bits per heavy atom. The number of nitrogen functional groups attached to an aromatic ring is 1. The number of ether oxygens (including phenoxy) is 2. The molecule has 0 bridgehead atoms. The van der Waals surface area contributed by atoms with Gasteiger partial charge in [-0.3, -0.25) is 18.4 Å². The normalized spacial score (nSPS) is 32.7. The molecule has 15 nitrogen and oxygen atoms in total. The van der Waals surface area contributed by atoms with Gasteiger partial charge in [0.1, 0.15) is 23.8 Å². The maximum atomic E-state index is 12.5. The molecule has 2 aromatic heterocycles. The molecule has 16 heteroatoms. The number of carbonyl (C=O) groups excluding carboxylic acids is 1. The number of phosphoric acid groups is 1. The number of hydrogen-bond acceptors (Lipinski definition) is 12. The van der Waals surface area contributed by atoms with Crippen molar-refractivity contribution < 1.29 is 32.8 Å². The second-order valence-corrected chi connectivity index (χ2v) is 9.08. The third-order valence-electron chi connectivity index (χ3n) is 5.40. The number of nitrogens with one attached hydrogen (secondary N) is 2. The Morgan fingerprint density at radius 2 is 2.24 bits per heavy atom. The molecule has 5 N–H and O–H groups in total. The van der Waals surface area contributed by atoms with Crippen LogP contribution in [-0.2, 0) is 27.9 Å². The molecule has 0 aliphatic carbocycles. The maximum Gasteiger partial charge on any atom is 0.473 e. The van der Waals surface area contributed by atoms with E-state index in [-0.39, 0.29) is 29.0 Å². The number of nitrogens with two attached hydrogens (primary N) is 1. The SMILES string of the molecule is CCNC(=O)[C@H]1O[C@@H](n2cnc3c(N)nc(N/N=C/[C@@H]4CCC=CO4)nc32)[C@@H]2OP(=O)(O)O[C@@H]21. The van der Waals surface area contributed by atoms with E-state index in [0.29, 0.717) is 6.54 Å². The van der Waals surface area contributed by atoms with E-state index in [2.05, 4.69) is 30.8 Å². The molecular weight excluding hydrogens is 471 g/mol. The summed E-state index contributed by atoms with van der Waals surface area (Å²) in [5.41, 5.74) is 9.27. The Labute approximate surface area is 192 Å². The zero-order chi connectivity index (χ0) is 23.9. The van der Waals surface area contributed by atoms with Gasteiger partial charge in [0.15, 0.2) is 23.8 Å². The molecule has 0 saturated carbocycles. The summed E-state index contributed by atoms with van der Waals surface area (Å²) in [5.74, 6) is -0.342. The molecule has 1 amide bonds. The molecule has 0 radical (unpaired) electrons. The first-order valence-electron chi connectivity index (χ1n) is 10.6. The molecule has 34 heavy (non-hydrogen) atoms. The van der Waals surface area contributed by atoms with Crippen molar-refractivity contribution in [3.05, 3.63) is 18.7 Å². The van der Waals surface area contributed by atoms with Gasteiger partial charge in [0.25, 0.3) is 5.91 Å². The van der Waals surface area contributed by atoms with Crippen LogP contribution in [0.4, 0.5) is 11.8 Å². The Balaban J connectivity index is 1.43. The maximum absolute atomic E-state index is 12.5. The van der Waals surface area contributed by atoms with Gasteiger partial charge in [0, 0.05) is 6.54 Å². The van der Waals surface area contributed by atoms with Crippen LogP contribution in [0, 0.1) is 0 Å². The lowest BCUT2D eigenvalue weighted by molar-refractivity contribution is -0.137. The highest BCUT2D eigenvalue weighted by atomic mass is 31.2. The zero-order valence-corrected chi connectivity index (χ0v) is 18.9. The molecule has 3 aliphatic rings. The molecule has 1 unspecified atom stereocenters. The van der Waals surface area contributed by atoms with E-state index >= 15 is 0 Å². The number of amides is 1. The van der Waals surface area contributed by atoms with Gasteiger partial charge in [0.05, 0.1) is 18.8 Å². The molecule has 0 spiro atoms. The van der Waals surface area contributed by atoms with E-state index in [9.17, 15) is 14.3 Å². The van der Waals surface area contributed by atoms with Gasteiger partial charge in [-0.05, 0) is 25.8 Å². The highest BCUT2D eigenvalue weighted by Crippen LogP contribution is 2.58. The molecular formula is C18H23N8O7P. The summed E-state index contributed by atoms with van der Waals surface area (Å²) in [4.78, 5) is 35.1. The average Bonchev–Trinajstić information content (AvgIpc) is 3.45. The fourth-order valence-corrected chi connectivity index (χ4v) is 5.04. The van der Waals surface area contributed by atoms with E-state index in [1.807, 2.05) is 6.08 Å². The number of hydrazone groups is 1. The summed E-state index contributed by atoms with van der Waals surface area (Å²) in [6, 6.07) is 0. The van der Waals surface area contributed by atoms with Crippen LogP contribution in [-0.4, -0.2) is 67.5 Å². The summed E-state index contributed by atoms with van der Waals surface area (Å²) < 4.78 is 35.2. The van der Waals surface area contributed by atoms with E-state index in [1.54, 1.807) is 19.4 Å². The van der Waals surface area contributed by atoms with Crippen molar-refractivity contribution in [2.75, 3.05) is 17.7 Å². The zero-order valence-electron chi connectivity index (χ0n) is 18.0. The minimum atomic E-state index is -4.36. The van der Waals surface area contributed by atoms with E-state index in [0.717, 1.165) is 12.8 Å². The summed E-state index contributed by atoms with van der Waals surface area (Å²) in [6.45, 7) is 2.08. The number of allylic oxidation sites excluding steroid dienone is 1. The summed E-state index contributed by atoms with van der Waals surface area (Å²) in [5, 5.41) is 6.73. The Kier molecular flexibility index (Phi) is 5.95. The fourth-order valence-electron chi connectivity index (χ4n) is 3.92. The number of hydrogen-bond donors (Lipinski definition) is 4. The van der Waals surface area contributed by atoms with Crippen LogP contribution in [0.3, 0.4) is 0 Å². The minimum absolute atomic E-state index is 0.0737. The third kappa shape index (κ3) is 4.23. The smallest absolute Gasteiger partial charge is 0.473 e. The molecule has 5 rings (SSSR count). The van der Waals surface area contributed by atoms with Crippen molar-refractivity contribution in [1.29, 1.82) is 0 Å². The molecule has 182 valence electrons. The number of anilines is 2. The number of nitrogens with zero attached hydrogens (tertiary/aromatic N) is 5. The van der Waals surface area contributed by atoms with E-state index in [1.165, 1.54) is 10.9 Å². The first-order valence-corrected chi connectivity index (χ1v) is 12.1. The largest absolute Gasteiger partial charge is 0.493 e. The highest BCUT2D eigenvalue weighted by molar-refractivity contribution is 7.47. The quantitative estimate of drug-likeness (QED) is 0.246. The third-order valence-corrected chi connectivity index (χ3v) is 6.42. The molecule has 2 fully saturated rings. The monoisotopic (exact) mass is 494 g/mol. The predicted octanol–water partition coefficient (Wildman–Crippen LogP) is 0.417. The number of fused-ring (bicyclic) bond motifs is 2. The average molecular weight is 494 g/mol. The topological polar surface area (TPSA) is 197 Å².